The summed E-state index contributed by atoms with van der Waals surface area (Å²) in [7, 11) is 0. The Morgan fingerprint density at radius 2 is 1.82 bits per heavy atom. The van der Waals surface area contributed by atoms with Crippen LogP contribution in [-0.2, 0) is 12.8 Å². The summed E-state index contributed by atoms with van der Waals surface area (Å²) in [5, 5.41) is 0.731. The van der Waals surface area contributed by atoms with Crippen LogP contribution in [0.5, 0.6) is 11.5 Å². The number of rotatable bonds is 2. The molecule has 2 N–H and O–H groups in total. The molecular formula is C13H14ClNO2. The standard InChI is InChI=1S/C13H14ClNO2/c14-11-10-4-7-16-12(10)8(2-1-5-15)9-3-6-17-13(9)11/h1-2H,3-7,15H2/b2-1+. The van der Waals surface area contributed by atoms with Crippen molar-refractivity contribution in [3.05, 3.63) is 27.8 Å². The minimum atomic E-state index is 0.521. The summed E-state index contributed by atoms with van der Waals surface area (Å²) in [5.41, 5.74) is 8.84. The molecule has 90 valence electrons. The summed E-state index contributed by atoms with van der Waals surface area (Å²) in [5.74, 6) is 1.76. The largest absolute Gasteiger partial charge is 0.492 e. The molecule has 2 heterocycles. The Hall–Kier alpha value is -1.19. The van der Waals surface area contributed by atoms with Crippen LogP contribution in [0.15, 0.2) is 6.08 Å². The Kier molecular flexibility index (Phi) is 2.73. The zero-order valence-corrected chi connectivity index (χ0v) is 10.2. The van der Waals surface area contributed by atoms with Gasteiger partial charge in [-0.25, -0.2) is 0 Å². The minimum absolute atomic E-state index is 0.521. The lowest BCUT2D eigenvalue weighted by atomic mass is 9.99. The predicted octanol–water partition coefficient (Wildman–Crippen LogP) is 2.18. The Morgan fingerprint density at radius 1 is 1.12 bits per heavy atom. The van der Waals surface area contributed by atoms with Gasteiger partial charge in [-0.15, -0.1) is 0 Å². The smallest absolute Gasteiger partial charge is 0.142 e. The summed E-state index contributed by atoms with van der Waals surface area (Å²) in [6.07, 6.45) is 5.70. The van der Waals surface area contributed by atoms with E-state index >= 15 is 0 Å². The van der Waals surface area contributed by atoms with Gasteiger partial charge in [0.05, 0.1) is 18.2 Å². The average molecular weight is 252 g/mol. The van der Waals surface area contributed by atoms with Crippen molar-refractivity contribution < 1.29 is 9.47 Å². The third kappa shape index (κ3) is 1.61. The highest BCUT2D eigenvalue weighted by Crippen LogP contribution is 2.47. The highest BCUT2D eigenvalue weighted by molar-refractivity contribution is 6.33. The van der Waals surface area contributed by atoms with Gasteiger partial charge in [-0.2, -0.15) is 0 Å². The van der Waals surface area contributed by atoms with E-state index in [0.717, 1.165) is 46.1 Å². The third-order valence-electron chi connectivity index (χ3n) is 3.20. The van der Waals surface area contributed by atoms with Gasteiger partial charge in [-0.05, 0) is 0 Å². The lowest BCUT2D eigenvalue weighted by Gasteiger charge is -2.11. The Bertz CT molecular complexity index is 462. The number of fused-ring (bicyclic) bond motifs is 2. The molecule has 0 aromatic heterocycles. The fourth-order valence-electron chi connectivity index (χ4n) is 2.45. The van der Waals surface area contributed by atoms with Crippen molar-refractivity contribution >= 4 is 17.7 Å². The van der Waals surface area contributed by atoms with E-state index in [1.165, 1.54) is 0 Å². The zero-order valence-electron chi connectivity index (χ0n) is 9.46. The topological polar surface area (TPSA) is 44.5 Å². The highest BCUT2D eigenvalue weighted by atomic mass is 35.5. The van der Waals surface area contributed by atoms with E-state index < -0.39 is 0 Å². The minimum Gasteiger partial charge on any atom is -0.492 e. The number of benzene rings is 1. The normalized spacial score (nSPS) is 16.8. The van der Waals surface area contributed by atoms with Crippen LogP contribution in [0.4, 0.5) is 0 Å². The van der Waals surface area contributed by atoms with Gasteiger partial charge in [-0.3, -0.25) is 0 Å². The molecule has 4 heteroatoms. The van der Waals surface area contributed by atoms with E-state index in [4.69, 9.17) is 26.8 Å². The fraction of sp³-hybridized carbons (Fsp3) is 0.385. The van der Waals surface area contributed by atoms with Crippen LogP contribution < -0.4 is 15.2 Å². The average Bonchev–Trinajstić information content (AvgIpc) is 2.97. The second-order valence-electron chi connectivity index (χ2n) is 4.18. The van der Waals surface area contributed by atoms with Gasteiger partial charge < -0.3 is 15.2 Å². The number of hydrogen-bond acceptors (Lipinski definition) is 3. The number of nitrogens with two attached hydrogens (primary N) is 1. The summed E-state index contributed by atoms with van der Waals surface area (Å²) in [4.78, 5) is 0. The molecule has 0 fully saturated rings. The summed E-state index contributed by atoms with van der Waals surface area (Å²) >= 11 is 6.35. The Balaban J connectivity index is 2.22. The molecule has 0 amide bonds. The summed E-state index contributed by atoms with van der Waals surface area (Å²) < 4.78 is 11.3. The molecule has 0 saturated heterocycles. The molecule has 3 rings (SSSR count). The predicted molar refractivity (Wildman–Crippen MR) is 67.9 cm³/mol. The first-order valence-electron chi connectivity index (χ1n) is 5.82. The molecule has 1 aromatic rings. The van der Waals surface area contributed by atoms with E-state index in [1.54, 1.807) is 0 Å². The van der Waals surface area contributed by atoms with E-state index in [-0.39, 0.29) is 0 Å². The zero-order chi connectivity index (χ0) is 11.8. The molecule has 1 aromatic carbocycles. The van der Waals surface area contributed by atoms with Crippen molar-refractivity contribution in [2.45, 2.75) is 12.8 Å². The Labute approximate surface area is 105 Å². The SMILES string of the molecule is NC/C=C/c1c2c(c(Cl)c3c1OCC3)OCC2. The molecule has 0 radical (unpaired) electrons. The molecule has 0 aliphatic carbocycles. The van der Waals surface area contributed by atoms with Crippen molar-refractivity contribution in [2.24, 2.45) is 5.73 Å². The van der Waals surface area contributed by atoms with E-state index in [1.807, 2.05) is 12.2 Å². The third-order valence-corrected chi connectivity index (χ3v) is 3.60. The highest BCUT2D eigenvalue weighted by Gasteiger charge is 2.29. The molecule has 17 heavy (non-hydrogen) atoms. The first kappa shape index (κ1) is 10.9. The molecule has 0 bridgehead atoms. The maximum Gasteiger partial charge on any atom is 0.142 e. The van der Waals surface area contributed by atoms with Crippen LogP contribution in [-0.4, -0.2) is 19.8 Å². The lowest BCUT2D eigenvalue weighted by Crippen LogP contribution is -1.95. The van der Waals surface area contributed by atoms with Crippen LogP contribution in [0.2, 0.25) is 5.02 Å². The molecule has 0 atom stereocenters. The first-order chi connectivity index (χ1) is 8.33. The van der Waals surface area contributed by atoms with Crippen molar-refractivity contribution in [3.8, 4) is 11.5 Å². The van der Waals surface area contributed by atoms with E-state index in [0.29, 0.717) is 19.8 Å². The number of hydrogen-bond donors (Lipinski definition) is 1. The quantitative estimate of drug-likeness (QED) is 0.876. The van der Waals surface area contributed by atoms with E-state index in [2.05, 4.69) is 0 Å². The molecule has 2 aliphatic rings. The molecule has 3 nitrogen and oxygen atoms in total. The van der Waals surface area contributed by atoms with Gasteiger partial charge >= 0.3 is 0 Å². The van der Waals surface area contributed by atoms with Crippen LogP contribution >= 0.6 is 11.6 Å². The number of halogens is 1. The van der Waals surface area contributed by atoms with Gasteiger partial charge in [0.15, 0.2) is 0 Å². The van der Waals surface area contributed by atoms with Gasteiger partial charge in [0.1, 0.15) is 11.5 Å². The van der Waals surface area contributed by atoms with Gasteiger partial charge in [-0.1, -0.05) is 23.8 Å². The monoisotopic (exact) mass is 251 g/mol. The maximum atomic E-state index is 6.35. The molecule has 0 unspecified atom stereocenters. The van der Waals surface area contributed by atoms with E-state index in [9.17, 15) is 0 Å². The first-order valence-corrected chi connectivity index (χ1v) is 6.20. The van der Waals surface area contributed by atoms with Crippen LogP contribution in [0.25, 0.3) is 6.08 Å². The Morgan fingerprint density at radius 3 is 2.59 bits per heavy atom. The second kappa shape index (κ2) is 4.24. The lowest BCUT2D eigenvalue weighted by molar-refractivity contribution is 0.355. The van der Waals surface area contributed by atoms with Crippen molar-refractivity contribution in [1.82, 2.24) is 0 Å². The fourth-order valence-corrected chi connectivity index (χ4v) is 2.80. The second-order valence-corrected chi connectivity index (χ2v) is 4.56. The van der Waals surface area contributed by atoms with Crippen LogP contribution in [0, 0.1) is 0 Å². The molecular weight excluding hydrogens is 238 g/mol. The van der Waals surface area contributed by atoms with Crippen LogP contribution in [0.1, 0.15) is 16.7 Å². The van der Waals surface area contributed by atoms with Gasteiger partial charge in [0.25, 0.3) is 0 Å². The van der Waals surface area contributed by atoms with Crippen molar-refractivity contribution in [1.29, 1.82) is 0 Å². The molecule has 0 spiro atoms. The molecule has 0 saturated carbocycles. The summed E-state index contributed by atoms with van der Waals surface area (Å²) in [6.45, 7) is 1.91. The number of ether oxygens (including phenoxy) is 2. The van der Waals surface area contributed by atoms with Crippen molar-refractivity contribution in [3.63, 3.8) is 0 Å². The summed E-state index contributed by atoms with van der Waals surface area (Å²) in [6, 6.07) is 0. The molecule has 2 aliphatic heterocycles. The van der Waals surface area contributed by atoms with Crippen LogP contribution in [0.3, 0.4) is 0 Å². The maximum absolute atomic E-state index is 6.35. The van der Waals surface area contributed by atoms with Gasteiger partial charge in [0.2, 0.25) is 0 Å². The van der Waals surface area contributed by atoms with Crippen molar-refractivity contribution in [2.75, 3.05) is 19.8 Å². The van der Waals surface area contributed by atoms with Gasteiger partial charge in [0, 0.05) is 36.1 Å².